The van der Waals surface area contributed by atoms with Gasteiger partial charge in [-0.05, 0) is 110 Å². The quantitative estimate of drug-likeness (QED) is 0.0573. The van der Waals surface area contributed by atoms with Crippen molar-refractivity contribution in [3.8, 4) is 21.2 Å². The van der Waals surface area contributed by atoms with E-state index >= 15 is 0 Å². The van der Waals surface area contributed by atoms with E-state index in [1.807, 2.05) is 99.0 Å². The molecule has 0 unspecified atom stereocenters. The lowest BCUT2D eigenvalue weighted by Crippen LogP contribution is -2.58. The molecule has 3 aromatic carbocycles. The Labute approximate surface area is 439 Å². The number of β-amino-alcohol motifs (C(OH)–C–C–N with tert-alkyl or cyclic N) is 1. The maximum Gasteiger partial charge on any atom is 0.246 e. The van der Waals surface area contributed by atoms with Gasteiger partial charge in [0.2, 0.25) is 23.6 Å². The lowest BCUT2D eigenvalue weighted by Gasteiger charge is -2.35. The number of thiophene rings is 2. The van der Waals surface area contributed by atoms with Gasteiger partial charge in [-0.1, -0.05) is 74.8 Å². The Morgan fingerprint density at radius 3 is 2.37 bits per heavy atom. The summed E-state index contributed by atoms with van der Waals surface area (Å²) in [5.74, 6) is 0.447. The van der Waals surface area contributed by atoms with Crippen LogP contribution in [0.3, 0.4) is 0 Å². The lowest BCUT2D eigenvalue weighted by atomic mass is 9.85. The smallest absolute Gasteiger partial charge is 0.246 e. The number of nitrogens with one attached hydrogen (secondary N) is 3. The van der Waals surface area contributed by atoms with Crippen LogP contribution in [0, 0.1) is 33.1 Å². The molecule has 384 valence electrons. The Morgan fingerprint density at radius 1 is 0.904 bits per heavy atom. The summed E-state index contributed by atoms with van der Waals surface area (Å²) in [6, 6.07) is 22.5. The van der Waals surface area contributed by atoms with Gasteiger partial charge in [-0.2, -0.15) is 0 Å². The summed E-state index contributed by atoms with van der Waals surface area (Å²) in [4.78, 5) is 63.4. The van der Waals surface area contributed by atoms with Gasteiger partial charge in [-0.3, -0.25) is 28.7 Å². The molecular formula is C55H63ClN8O7S2. The number of amides is 4. The zero-order valence-electron chi connectivity index (χ0n) is 42.3. The number of fused-ring (bicyclic) bond motifs is 3. The van der Waals surface area contributed by atoms with Gasteiger partial charge in [0.05, 0.1) is 24.8 Å². The summed E-state index contributed by atoms with van der Waals surface area (Å²) in [5, 5.41) is 32.0. The van der Waals surface area contributed by atoms with Crippen LogP contribution in [-0.4, -0.2) is 98.7 Å². The molecule has 0 radical (unpaired) electrons. The van der Waals surface area contributed by atoms with Crippen molar-refractivity contribution in [1.29, 1.82) is 0 Å². The van der Waals surface area contributed by atoms with Crippen molar-refractivity contribution in [3.63, 3.8) is 0 Å². The van der Waals surface area contributed by atoms with Gasteiger partial charge in [0.1, 0.15) is 41.3 Å². The van der Waals surface area contributed by atoms with Crippen LogP contribution < -0.4 is 20.7 Å². The van der Waals surface area contributed by atoms with Crippen molar-refractivity contribution < 1.29 is 33.8 Å². The van der Waals surface area contributed by atoms with Crippen LogP contribution in [0.5, 0.6) is 5.75 Å². The van der Waals surface area contributed by atoms with Crippen LogP contribution in [0.1, 0.15) is 103 Å². The molecular weight excluding hydrogens is 984 g/mol. The molecule has 1 saturated heterocycles. The van der Waals surface area contributed by atoms with Crippen molar-refractivity contribution >= 4 is 69.3 Å². The summed E-state index contributed by atoms with van der Waals surface area (Å²) >= 11 is 9.61. The fourth-order valence-corrected chi connectivity index (χ4v) is 11.4. The van der Waals surface area contributed by atoms with Crippen LogP contribution in [-0.2, 0) is 30.5 Å². The number of carbonyl (C=O) groups is 4. The fourth-order valence-electron chi connectivity index (χ4n) is 9.09. The monoisotopic (exact) mass is 1050 g/mol. The molecule has 4 atom stereocenters. The molecule has 4 N–H and O–H groups in total. The molecule has 6 aromatic rings. The molecule has 0 aliphatic carbocycles. The number of anilines is 1. The standard InChI is InChI=1S/C55H63ClN8O7S2/c1-32-22-25-72-49(32)38-16-14-36(15-17-38)29-57-52(68)44-27-41(65)30-63(44)53(69)50(55(5,6)7)60-46(67)31-70-23-9-8-10-24-71-42-13-11-12-40(26-42)58-45(66)28-43-51-62-61-35(4)64(51)54-47(33(2)34(3)73-54)48(59-43)37-18-20-39(56)21-19-37/h11-22,25-26,41,43-44,50,65H,8-10,23-24,27-31H2,1-7H3,(H,57,68)(H,58,66)(H,60,67)/t41-,43+,44+,50-/m1/s1. The van der Waals surface area contributed by atoms with Gasteiger partial charge in [0, 0.05) is 63.8 Å². The van der Waals surface area contributed by atoms with Crippen molar-refractivity contribution in [2.45, 2.75) is 111 Å². The predicted octanol–water partition coefficient (Wildman–Crippen LogP) is 9.24. The van der Waals surface area contributed by atoms with Gasteiger partial charge >= 0.3 is 0 Å². The average molecular weight is 1050 g/mol. The molecule has 8 rings (SSSR count). The summed E-state index contributed by atoms with van der Waals surface area (Å²) < 4.78 is 13.8. The number of rotatable bonds is 19. The highest BCUT2D eigenvalue weighted by molar-refractivity contribution is 7.15. The number of hydrogen-bond acceptors (Lipinski definition) is 12. The summed E-state index contributed by atoms with van der Waals surface area (Å²) in [6.07, 6.45) is 1.45. The molecule has 1 fully saturated rings. The van der Waals surface area contributed by atoms with Crippen LogP contribution >= 0.6 is 34.3 Å². The Bertz CT molecular complexity index is 2980. The van der Waals surface area contributed by atoms with E-state index in [2.05, 4.69) is 58.4 Å². The number of hydrogen-bond donors (Lipinski definition) is 4. The zero-order valence-corrected chi connectivity index (χ0v) is 44.7. The van der Waals surface area contributed by atoms with E-state index in [9.17, 15) is 24.3 Å². The number of aliphatic imine (C=N–C) groups is 1. The highest BCUT2D eigenvalue weighted by atomic mass is 35.5. The number of aromatic nitrogens is 3. The molecule has 5 heterocycles. The first-order valence-corrected chi connectivity index (χ1v) is 26.7. The third-order valence-electron chi connectivity index (χ3n) is 13.1. The SMILES string of the molecule is Cc1ccsc1-c1ccc(CNC(=O)[C@@H]2C[C@@H](O)CN2C(=O)[C@@H](NC(=O)COCCCCCOc2cccc(NC(=O)C[C@@H]3N=C(c4ccc(Cl)cc4)c4c(sc(C)c4C)-n4c(C)nnc43)c2)C(C)(C)C)cc1. The molecule has 2 aliphatic rings. The van der Waals surface area contributed by atoms with E-state index in [0.29, 0.717) is 47.7 Å². The molecule has 3 aromatic heterocycles. The molecule has 15 nitrogen and oxygen atoms in total. The lowest BCUT2D eigenvalue weighted by molar-refractivity contribution is -0.144. The maximum absolute atomic E-state index is 14.0. The van der Waals surface area contributed by atoms with E-state index in [4.69, 9.17) is 26.1 Å². The Morgan fingerprint density at radius 2 is 1.64 bits per heavy atom. The van der Waals surface area contributed by atoms with E-state index in [1.54, 1.807) is 28.7 Å². The number of likely N-dealkylation sites (tertiary alicyclic amines) is 1. The molecule has 0 spiro atoms. The highest BCUT2D eigenvalue weighted by Crippen LogP contribution is 2.40. The Kier molecular flexibility index (Phi) is 16.9. The van der Waals surface area contributed by atoms with Gasteiger partial charge in [-0.25, -0.2) is 0 Å². The third kappa shape index (κ3) is 12.8. The second-order valence-corrected chi connectivity index (χ2v) is 22.3. The number of halogens is 1. The van der Waals surface area contributed by atoms with Crippen molar-refractivity contribution in [2.24, 2.45) is 10.4 Å². The van der Waals surface area contributed by atoms with Crippen molar-refractivity contribution in [1.82, 2.24) is 30.3 Å². The number of aliphatic hydroxyl groups excluding tert-OH is 1. The first-order valence-electron chi connectivity index (χ1n) is 24.6. The zero-order chi connectivity index (χ0) is 52.0. The van der Waals surface area contributed by atoms with Crippen LogP contribution in [0.2, 0.25) is 5.02 Å². The van der Waals surface area contributed by atoms with Crippen molar-refractivity contribution in [2.75, 3.05) is 31.7 Å². The first-order chi connectivity index (χ1) is 34.9. The maximum atomic E-state index is 14.0. The summed E-state index contributed by atoms with van der Waals surface area (Å²) in [5.41, 5.74) is 6.91. The number of unbranched alkanes of at least 4 members (excludes halogenated alkanes) is 2. The molecule has 4 amide bonds. The predicted molar refractivity (Wildman–Crippen MR) is 287 cm³/mol. The second kappa shape index (κ2) is 23.3. The number of benzene rings is 3. The minimum Gasteiger partial charge on any atom is -0.494 e. The van der Waals surface area contributed by atoms with Gasteiger partial charge in [0.25, 0.3) is 0 Å². The van der Waals surface area contributed by atoms with Crippen LogP contribution in [0.25, 0.3) is 15.4 Å². The largest absolute Gasteiger partial charge is 0.494 e. The third-order valence-corrected chi connectivity index (χ3v) is 15.6. The van der Waals surface area contributed by atoms with Gasteiger partial charge in [-0.15, -0.1) is 32.9 Å². The highest BCUT2D eigenvalue weighted by Gasteiger charge is 2.44. The minimum atomic E-state index is -0.956. The van der Waals surface area contributed by atoms with E-state index in [0.717, 1.165) is 56.2 Å². The normalized spacial score (nSPS) is 16.8. The number of aliphatic hydroxyl groups is 1. The minimum absolute atomic E-state index is 0.0105. The molecule has 2 aliphatic heterocycles. The van der Waals surface area contributed by atoms with E-state index in [-0.39, 0.29) is 44.4 Å². The molecule has 0 saturated carbocycles. The summed E-state index contributed by atoms with van der Waals surface area (Å²) in [7, 11) is 0. The van der Waals surface area contributed by atoms with E-state index in [1.165, 1.54) is 15.3 Å². The average Bonchev–Trinajstić information content (AvgIpc) is 4.13. The first kappa shape index (κ1) is 53.1. The number of nitrogens with zero attached hydrogens (tertiary/aromatic N) is 5. The second-order valence-electron chi connectivity index (χ2n) is 19.8. The molecule has 18 heteroatoms. The fraction of sp³-hybridized carbons (Fsp3) is 0.400. The molecule has 73 heavy (non-hydrogen) atoms. The Hall–Kier alpha value is -6.24. The van der Waals surface area contributed by atoms with Crippen LogP contribution in [0.15, 0.2) is 89.2 Å². The number of aryl methyl sites for hydroxylation is 3. The van der Waals surface area contributed by atoms with E-state index < -0.39 is 41.5 Å². The Balaban J connectivity index is 0.769. The van der Waals surface area contributed by atoms with Crippen LogP contribution in [0.4, 0.5) is 5.69 Å². The van der Waals surface area contributed by atoms with Gasteiger partial charge < -0.3 is 35.4 Å². The number of ether oxygens (including phenoxy) is 2. The summed E-state index contributed by atoms with van der Waals surface area (Å²) in [6.45, 7) is 14.5. The van der Waals surface area contributed by atoms with Crippen molar-refractivity contribution in [3.05, 3.63) is 134 Å². The number of carbonyl (C=O) groups excluding carboxylic acids is 4. The van der Waals surface area contributed by atoms with Gasteiger partial charge in [0.15, 0.2) is 5.82 Å². The topological polar surface area (TPSA) is 189 Å². The molecule has 0 bridgehead atoms.